The van der Waals surface area contributed by atoms with Crippen LogP contribution in [0.1, 0.15) is 52.4 Å². The molecule has 0 nitrogen and oxygen atoms in total. The summed E-state index contributed by atoms with van der Waals surface area (Å²) in [7, 11) is 0. The van der Waals surface area contributed by atoms with Crippen LogP contribution in [0.3, 0.4) is 0 Å². The number of unbranched alkanes of at least 4 members (excludes halogenated alkanes) is 1. The van der Waals surface area contributed by atoms with Crippen molar-refractivity contribution in [2.45, 2.75) is 52.4 Å². The lowest BCUT2D eigenvalue weighted by molar-refractivity contribution is 0.461. The summed E-state index contributed by atoms with van der Waals surface area (Å²) >= 11 is 0. The monoisotopic (exact) mass is 140 g/mol. The third-order valence-corrected chi connectivity index (χ3v) is 2.77. The first-order chi connectivity index (χ1) is 4.83. The lowest BCUT2D eigenvalue weighted by atomic mass is 10.00. The van der Waals surface area contributed by atoms with Gasteiger partial charge in [-0.05, 0) is 18.3 Å². The second kappa shape index (κ2) is 4.00. The van der Waals surface area contributed by atoms with Gasteiger partial charge in [0.2, 0.25) is 0 Å². The predicted molar refractivity (Wildman–Crippen MR) is 46.0 cm³/mol. The van der Waals surface area contributed by atoms with Crippen LogP contribution in [-0.4, -0.2) is 0 Å². The van der Waals surface area contributed by atoms with Crippen LogP contribution in [0.5, 0.6) is 0 Å². The minimum atomic E-state index is 1.03. The highest BCUT2D eigenvalue weighted by Gasteiger charge is 2.19. The average Bonchev–Trinajstić information content (AvgIpc) is 2.31. The molecule has 0 unspecified atom stereocenters. The van der Waals surface area contributed by atoms with Crippen LogP contribution >= 0.6 is 0 Å². The van der Waals surface area contributed by atoms with Gasteiger partial charge in [0.05, 0.1) is 0 Å². The van der Waals surface area contributed by atoms with Crippen molar-refractivity contribution in [3.8, 4) is 0 Å². The Morgan fingerprint density at radius 1 is 1.30 bits per heavy atom. The molecule has 1 saturated carbocycles. The van der Waals surface area contributed by atoms with E-state index in [0.717, 1.165) is 11.8 Å². The molecule has 0 aromatic heterocycles. The molecule has 1 fully saturated rings. The van der Waals surface area contributed by atoms with Crippen molar-refractivity contribution in [3.63, 3.8) is 0 Å². The summed E-state index contributed by atoms with van der Waals surface area (Å²) in [5, 5.41) is 0. The SMILES string of the molecule is CCCC[C@H]1CC[C@@H](C)C1. The molecule has 2 atom stereocenters. The van der Waals surface area contributed by atoms with Crippen LogP contribution in [-0.2, 0) is 0 Å². The van der Waals surface area contributed by atoms with Crippen molar-refractivity contribution < 1.29 is 0 Å². The Bertz CT molecular complexity index is 86.0. The highest BCUT2D eigenvalue weighted by Crippen LogP contribution is 2.33. The zero-order chi connectivity index (χ0) is 7.40. The summed E-state index contributed by atoms with van der Waals surface area (Å²) in [5.74, 6) is 2.12. The van der Waals surface area contributed by atoms with Crippen molar-refractivity contribution in [1.82, 2.24) is 0 Å². The van der Waals surface area contributed by atoms with Gasteiger partial charge in [-0.3, -0.25) is 0 Å². The van der Waals surface area contributed by atoms with Gasteiger partial charge in [-0.1, -0.05) is 46.0 Å². The fourth-order valence-corrected chi connectivity index (χ4v) is 2.08. The van der Waals surface area contributed by atoms with Crippen LogP contribution in [0.2, 0.25) is 0 Å². The highest BCUT2D eigenvalue weighted by molar-refractivity contribution is 4.72. The number of hydrogen-bond donors (Lipinski definition) is 0. The van der Waals surface area contributed by atoms with E-state index in [1.54, 1.807) is 0 Å². The Morgan fingerprint density at radius 3 is 2.60 bits per heavy atom. The van der Waals surface area contributed by atoms with Crippen molar-refractivity contribution in [3.05, 3.63) is 0 Å². The Balaban J connectivity index is 2.06. The Hall–Kier alpha value is 0. The van der Waals surface area contributed by atoms with Crippen LogP contribution in [0.4, 0.5) is 0 Å². The highest BCUT2D eigenvalue weighted by atomic mass is 14.3. The maximum absolute atomic E-state index is 2.39. The molecule has 0 spiro atoms. The smallest absolute Gasteiger partial charge is 0.0412 e. The molecular formula is C10H20. The van der Waals surface area contributed by atoms with Crippen LogP contribution in [0.15, 0.2) is 0 Å². The second-order valence-electron chi connectivity index (χ2n) is 3.93. The molecule has 0 bridgehead atoms. The first-order valence-electron chi connectivity index (χ1n) is 4.83. The van der Waals surface area contributed by atoms with Gasteiger partial charge >= 0.3 is 0 Å². The molecule has 0 aromatic carbocycles. The molecule has 1 aliphatic rings. The van der Waals surface area contributed by atoms with Crippen LogP contribution < -0.4 is 0 Å². The Labute approximate surface area is 65.0 Å². The molecular weight excluding hydrogens is 120 g/mol. The molecule has 60 valence electrons. The predicted octanol–water partition coefficient (Wildman–Crippen LogP) is 3.61. The van der Waals surface area contributed by atoms with Crippen LogP contribution in [0.25, 0.3) is 0 Å². The molecule has 0 amide bonds. The fraction of sp³-hybridized carbons (Fsp3) is 1.00. The molecule has 1 aliphatic carbocycles. The topological polar surface area (TPSA) is 0 Å². The van der Waals surface area contributed by atoms with Gasteiger partial charge in [-0.2, -0.15) is 0 Å². The summed E-state index contributed by atoms with van der Waals surface area (Å²) in [4.78, 5) is 0. The number of rotatable bonds is 3. The maximum atomic E-state index is 2.39. The van der Waals surface area contributed by atoms with E-state index in [-0.39, 0.29) is 0 Å². The summed E-state index contributed by atoms with van der Waals surface area (Å²) in [6.07, 6.45) is 8.86. The molecule has 0 saturated heterocycles. The van der Waals surface area contributed by atoms with Crippen molar-refractivity contribution in [2.75, 3.05) is 0 Å². The molecule has 1 rings (SSSR count). The van der Waals surface area contributed by atoms with E-state index in [2.05, 4.69) is 13.8 Å². The second-order valence-corrected chi connectivity index (χ2v) is 3.93. The normalized spacial score (nSPS) is 33.0. The Morgan fingerprint density at radius 2 is 2.10 bits per heavy atom. The number of hydrogen-bond acceptors (Lipinski definition) is 0. The van der Waals surface area contributed by atoms with E-state index in [1.165, 1.54) is 38.5 Å². The third kappa shape index (κ3) is 2.32. The van der Waals surface area contributed by atoms with E-state index in [0.29, 0.717) is 0 Å². The lowest BCUT2D eigenvalue weighted by Gasteiger charge is -2.06. The summed E-state index contributed by atoms with van der Waals surface area (Å²) < 4.78 is 0. The summed E-state index contributed by atoms with van der Waals surface area (Å²) in [5.41, 5.74) is 0. The standard InChI is InChI=1S/C10H20/c1-3-4-5-10-7-6-9(2)8-10/h9-10H,3-8H2,1-2H3/t9-,10+/m1/s1. The molecule has 10 heavy (non-hydrogen) atoms. The lowest BCUT2D eigenvalue weighted by Crippen LogP contribution is -1.93. The van der Waals surface area contributed by atoms with Crippen LogP contribution in [0, 0.1) is 11.8 Å². The minimum absolute atomic E-state index is 1.03. The molecule has 0 aliphatic heterocycles. The molecule has 0 heterocycles. The molecule has 0 aromatic rings. The van der Waals surface area contributed by atoms with Gasteiger partial charge in [0, 0.05) is 0 Å². The molecule has 0 radical (unpaired) electrons. The van der Waals surface area contributed by atoms with E-state index in [1.807, 2.05) is 0 Å². The minimum Gasteiger partial charge on any atom is -0.0654 e. The van der Waals surface area contributed by atoms with E-state index in [9.17, 15) is 0 Å². The van der Waals surface area contributed by atoms with Gasteiger partial charge in [0.15, 0.2) is 0 Å². The van der Waals surface area contributed by atoms with E-state index >= 15 is 0 Å². The summed E-state index contributed by atoms with van der Waals surface area (Å²) in [6.45, 7) is 4.68. The van der Waals surface area contributed by atoms with Crippen molar-refractivity contribution >= 4 is 0 Å². The van der Waals surface area contributed by atoms with Gasteiger partial charge in [0.25, 0.3) is 0 Å². The van der Waals surface area contributed by atoms with Crippen molar-refractivity contribution in [1.29, 1.82) is 0 Å². The zero-order valence-electron chi connectivity index (χ0n) is 7.40. The quantitative estimate of drug-likeness (QED) is 0.561. The maximum Gasteiger partial charge on any atom is -0.0412 e. The average molecular weight is 140 g/mol. The first-order valence-corrected chi connectivity index (χ1v) is 4.83. The fourth-order valence-electron chi connectivity index (χ4n) is 2.08. The van der Waals surface area contributed by atoms with Gasteiger partial charge < -0.3 is 0 Å². The zero-order valence-corrected chi connectivity index (χ0v) is 7.40. The van der Waals surface area contributed by atoms with Gasteiger partial charge in [-0.15, -0.1) is 0 Å². The van der Waals surface area contributed by atoms with Crippen molar-refractivity contribution in [2.24, 2.45) is 11.8 Å². The molecule has 0 N–H and O–H groups in total. The van der Waals surface area contributed by atoms with E-state index in [4.69, 9.17) is 0 Å². The third-order valence-electron chi connectivity index (χ3n) is 2.77. The van der Waals surface area contributed by atoms with Gasteiger partial charge in [-0.25, -0.2) is 0 Å². The van der Waals surface area contributed by atoms with E-state index < -0.39 is 0 Å². The summed E-state index contributed by atoms with van der Waals surface area (Å²) in [6, 6.07) is 0. The molecule has 0 heteroatoms. The Kier molecular flexibility index (Phi) is 3.24. The first kappa shape index (κ1) is 8.10. The van der Waals surface area contributed by atoms with Gasteiger partial charge in [0.1, 0.15) is 0 Å². The largest absolute Gasteiger partial charge is 0.0654 e.